The molecule has 2 rings (SSSR count). The van der Waals surface area contributed by atoms with Crippen molar-refractivity contribution in [3.63, 3.8) is 0 Å². The number of sulfonamides is 1. The predicted octanol–water partition coefficient (Wildman–Crippen LogP) is 4.43. The molecule has 2 aromatic rings. The molecule has 1 N–H and O–H groups in total. The van der Waals surface area contributed by atoms with Gasteiger partial charge >= 0.3 is 0 Å². The van der Waals surface area contributed by atoms with E-state index in [0.717, 1.165) is 20.7 Å². The van der Waals surface area contributed by atoms with Crippen molar-refractivity contribution < 1.29 is 8.42 Å². The second kappa shape index (κ2) is 5.69. The minimum absolute atomic E-state index is 0.239. The molecule has 4 nitrogen and oxygen atoms in total. The molecular formula is C10H7Br2ClN2O2S2. The van der Waals surface area contributed by atoms with Crippen LogP contribution in [0.4, 0.5) is 5.69 Å². The van der Waals surface area contributed by atoms with Crippen LogP contribution in [0.5, 0.6) is 0 Å². The van der Waals surface area contributed by atoms with Gasteiger partial charge in [0, 0.05) is 0 Å². The van der Waals surface area contributed by atoms with E-state index in [1.807, 2.05) is 6.92 Å². The maximum Gasteiger partial charge on any atom is 0.271 e. The Morgan fingerprint density at radius 1 is 1.37 bits per heavy atom. The van der Waals surface area contributed by atoms with Gasteiger partial charge in [-0.3, -0.25) is 4.72 Å². The largest absolute Gasteiger partial charge is 0.277 e. The van der Waals surface area contributed by atoms with Crippen LogP contribution in [0.3, 0.4) is 0 Å². The van der Waals surface area contributed by atoms with E-state index in [4.69, 9.17) is 11.6 Å². The summed E-state index contributed by atoms with van der Waals surface area (Å²) >= 11 is 13.4. The zero-order valence-electron chi connectivity index (χ0n) is 9.45. The highest BCUT2D eigenvalue weighted by Gasteiger charge is 2.18. The van der Waals surface area contributed by atoms with Crippen LogP contribution in [-0.4, -0.2) is 13.4 Å². The van der Waals surface area contributed by atoms with Gasteiger partial charge in [0.05, 0.1) is 20.1 Å². The molecule has 19 heavy (non-hydrogen) atoms. The van der Waals surface area contributed by atoms with Crippen molar-refractivity contribution in [1.82, 2.24) is 4.98 Å². The van der Waals surface area contributed by atoms with Crippen molar-refractivity contribution in [2.24, 2.45) is 0 Å². The second-order valence-corrected chi connectivity index (χ2v) is 9.12. The molecule has 0 radical (unpaired) electrons. The predicted molar refractivity (Wildman–Crippen MR) is 84.5 cm³/mol. The van der Waals surface area contributed by atoms with Crippen LogP contribution in [0.25, 0.3) is 0 Å². The normalized spacial score (nSPS) is 11.6. The van der Waals surface area contributed by atoms with Gasteiger partial charge in [-0.25, -0.2) is 13.4 Å². The lowest BCUT2D eigenvalue weighted by atomic mass is 10.4. The second-order valence-electron chi connectivity index (χ2n) is 3.62. The molecule has 0 atom stereocenters. The summed E-state index contributed by atoms with van der Waals surface area (Å²) < 4.78 is 28.3. The lowest BCUT2D eigenvalue weighted by Gasteiger charge is -2.06. The van der Waals surface area contributed by atoms with Crippen LogP contribution in [0.15, 0.2) is 30.8 Å². The number of halogens is 3. The third-order valence-electron chi connectivity index (χ3n) is 2.15. The molecule has 0 amide bonds. The first-order valence-electron chi connectivity index (χ1n) is 4.89. The highest BCUT2D eigenvalue weighted by Crippen LogP contribution is 2.32. The summed E-state index contributed by atoms with van der Waals surface area (Å²) in [7, 11) is -3.61. The minimum Gasteiger partial charge on any atom is -0.277 e. The lowest BCUT2D eigenvalue weighted by molar-refractivity contribution is 0.603. The summed E-state index contributed by atoms with van der Waals surface area (Å²) in [5.74, 6) is 0. The number of hydrogen-bond donors (Lipinski definition) is 1. The fraction of sp³-hybridized carbons (Fsp3) is 0.100. The zero-order valence-corrected chi connectivity index (χ0v) is 15.0. The lowest BCUT2D eigenvalue weighted by Crippen LogP contribution is -2.11. The minimum atomic E-state index is -3.61. The van der Waals surface area contributed by atoms with E-state index in [2.05, 4.69) is 41.6 Å². The third-order valence-corrected chi connectivity index (χ3v) is 7.27. The van der Waals surface area contributed by atoms with Crippen molar-refractivity contribution in [2.75, 3.05) is 4.72 Å². The summed E-state index contributed by atoms with van der Waals surface area (Å²) in [6, 6.07) is 3.16. The van der Waals surface area contributed by atoms with Crippen molar-refractivity contribution in [2.45, 2.75) is 11.1 Å². The molecule has 9 heteroatoms. The molecule has 102 valence electrons. The Kier molecular flexibility index (Phi) is 4.56. The molecule has 0 aromatic carbocycles. The van der Waals surface area contributed by atoms with E-state index in [-0.39, 0.29) is 9.36 Å². The van der Waals surface area contributed by atoms with Crippen LogP contribution in [0.1, 0.15) is 5.56 Å². The van der Waals surface area contributed by atoms with Crippen molar-refractivity contribution in [1.29, 1.82) is 0 Å². The number of aromatic nitrogens is 1. The fourth-order valence-electron chi connectivity index (χ4n) is 1.25. The molecule has 0 saturated carbocycles. The quantitative estimate of drug-likeness (QED) is 0.710. The number of aryl methyl sites for hydroxylation is 1. The number of nitrogens with zero attached hydrogens (tertiary/aromatic N) is 1. The highest BCUT2D eigenvalue weighted by molar-refractivity contribution is 9.11. The molecule has 0 aliphatic rings. The Bertz CT molecular complexity index is 712. The number of hydrogen-bond acceptors (Lipinski definition) is 4. The van der Waals surface area contributed by atoms with Crippen LogP contribution in [-0.2, 0) is 10.0 Å². The van der Waals surface area contributed by atoms with E-state index in [0.29, 0.717) is 10.2 Å². The Hall–Kier alpha value is -0.150. The third kappa shape index (κ3) is 3.49. The fourth-order valence-corrected chi connectivity index (χ4v) is 4.96. The summed E-state index contributed by atoms with van der Waals surface area (Å²) in [5.41, 5.74) is 1.22. The molecule has 0 aliphatic carbocycles. The molecule has 2 heterocycles. The maximum absolute atomic E-state index is 12.2. The molecule has 0 fully saturated rings. The van der Waals surface area contributed by atoms with Gasteiger partial charge in [-0.15, -0.1) is 11.3 Å². The molecule has 0 unspecified atom stereocenters. The monoisotopic (exact) mass is 444 g/mol. The van der Waals surface area contributed by atoms with Gasteiger partial charge in [-0.05, 0) is 56.5 Å². The number of rotatable bonds is 3. The Labute approximate surface area is 136 Å². The zero-order chi connectivity index (χ0) is 14.2. The molecule has 0 bridgehead atoms. The van der Waals surface area contributed by atoms with Crippen LogP contribution >= 0.6 is 54.8 Å². The first-order valence-corrected chi connectivity index (χ1v) is 9.16. The Morgan fingerprint density at radius 2 is 2.05 bits per heavy atom. The van der Waals surface area contributed by atoms with E-state index >= 15 is 0 Å². The van der Waals surface area contributed by atoms with Crippen LogP contribution in [0.2, 0.25) is 5.15 Å². The van der Waals surface area contributed by atoms with Crippen LogP contribution < -0.4 is 4.72 Å². The summed E-state index contributed by atoms with van der Waals surface area (Å²) in [5, 5.41) is 0.276. The van der Waals surface area contributed by atoms with Gasteiger partial charge < -0.3 is 0 Å². The van der Waals surface area contributed by atoms with Crippen molar-refractivity contribution in [3.05, 3.63) is 37.3 Å². The summed E-state index contributed by atoms with van der Waals surface area (Å²) in [4.78, 5) is 3.87. The average molecular weight is 447 g/mol. The number of thiophene rings is 1. The van der Waals surface area contributed by atoms with Crippen LogP contribution in [0, 0.1) is 6.92 Å². The van der Waals surface area contributed by atoms with E-state index in [9.17, 15) is 8.42 Å². The number of nitrogens with one attached hydrogen (secondary N) is 1. The Morgan fingerprint density at radius 3 is 2.58 bits per heavy atom. The summed E-state index contributed by atoms with van der Waals surface area (Å²) in [6.45, 7) is 1.83. The number of pyridine rings is 1. The molecule has 0 saturated heterocycles. The van der Waals surface area contributed by atoms with E-state index < -0.39 is 10.0 Å². The van der Waals surface area contributed by atoms with Gasteiger partial charge in [0.25, 0.3) is 10.0 Å². The first-order chi connectivity index (χ1) is 8.79. The Balaban J connectivity index is 2.33. The maximum atomic E-state index is 12.2. The average Bonchev–Trinajstić information content (AvgIpc) is 2.65. The van der Waals surface area contributed by atoms with Gasteiger partial charge in [0.2, 0.25) is 0 Å². The van der Waals surface area contributed by atoms with E-state index in [1.54, 1.807) is 12.1 Å². The molecular weight excluding hydrogens is 440 g/mol. The molecule has 0 spiro atoms. The number of anilines is 1. The molecule has 2 aromatic heterocycles. The first kappa shape index (κ1) is 15.2. The van der Waals surface area contributed by atoms with Crippen molar-refractivity contribution >= 4 is 70.5 Å². The smallest absolute Gasteiger partial charge is 0.271 e. The topological polar surface area (TPSA) is 59.1 Å². The molecule has 0 aliphatic heterocycles. The van der Waals surface area contributed by atoms with Gasteiger partial charge in [-0.2, -0.15) is 0 Å². The van der Waals surface area contributed by atoms with Crippen molar-refractivity contribution in [3.8, 4) is 0 Å². The highest BCUT2D eigenvalue weighted by atomic mass is 79.9. The van der Waals surface area contributed by atoms with Gasteiger partial charge in [-0.1, -0.05) is 11.6 Å². The standard InChI is InChI=1S/C10H7Br2ClN2O2S2/c1-5-2-8(18-9(5)12)19(16,17)15-6-3-7(11)10(13)14-4-6/h2-4,15H,1H3. The van der Waals surface area contributed by atoms with E-state index in [1.165, 1.54) is 6.20 Å². The SMILES string of the molecule is Cc1cc(S(=O)(=O)Nc2cnc(Cl)c(Br)c2)sc1Br. The van der Waals surface area contributed by atoms with Gasteiger partial charge in [0.15, 0.2) is 0 Å². The summed E-state index contributed by atoms with van der Waals surface area (Å²) in [6.07, 6.45) is 1.36. The van der Waals surface area contributed by atoms with Gasteiger partial charge in [0.1, 0.15) is 9.36 Å².